The average molecular weight is 454 g/mol. The van der Waals surface area contributed by atoms with Crippen LogP contribution in [0, 0.1) is 0 Å². The highest BCUT2D eigenvalue weighted by Crippen LogP contribution is 2.46. The molecule has 2 heterocycles. The van der Waals surface area contributed by atoms with Gasteiger partial charge in [-0.2, -0.15) is 0 Å². The number of likely N-dealkylation sites (N-methyl/N-ethyl adjacent to an activating group) is 1. The lowest BCUT2D eigenvalue weighted by atomic mass is 9.83. The molecule has 1 aromatic heterocycles. The summed E-state index contributed by atoms with van der Waals surface area (Å²) in [5, 5.41) is 0. The number of carbonyl (C=O) groups is 1. The first-order chi connectivity index (χ1) is 15.6. The van der Waals surface area contributed by atoms with Gasteiger partial charge in [0.25, 0.3) is 5.56 Å². The number of ketones is 1. The summed E-state index contributed by atoms with van der Waals surface area (Å²) in [4.78, 5) is 44.3. The number of H-pyrrole nitrogens is 1. The molecule has 0 saturated carbocycles. The summed E-state index contributed by atoms with van der Waals surface area (Å²) in [5.74, 6) is -0.0203. The van der Waals surface area contributed by atoms with Gasteiger partial charge in [0.05, 0.1) is 6.54 Å². The summed E-state index contributed by atoms with van der Waals surface area (Å²) < 4.78 is 1.39. The first kappa shape index (κ1) is 24.4. The first-order valence-electron chi connectivity index (χ1n) is 11.6. The molecule has 0 radical (unpaired) electrons. The molecule has 0 spiro atoms. The van der Waals surface area contributed by atoms with E-state index in [1.54, 1.807) is 11.0 Å². The maximum atomic E-state index is 13.2. The molecular weight excluding hydrogens is 418 g/mol. The van der Waals surface area contributed by atoms with Crippen molar-refractivity contribution in [1.82, 2.24) is 9.55 Å². The first-order valence-corrected chi connectivity index (χ1v) is 11.6. The molecule has 33 heavy (non-hydrogen) atoms. The molecule has 0 amide bonds. The van der Waals surface area contributed by atoms with Crippen LogP contribution in [0.4, 0.5) is 17.2 Å². The number of rotatable bonds is 9. The van der Waals surface area contributed by atoms with E-state index in [2.05, 4.69) is 24.9 Å². The molecule has 178 valence electrons. The van der Waals surface area contributed by atoms with E-state index in [0.29, 0.717) is 19.5 Å². The van der Waals surface area contributed by atoms with Crippen LogP contribution in [0.5, 0.6) is 0 Å². The molecule has 0 bridgehead atoms. The fraction of sp³-hybridized carbons (Fsp3) is 0.480. The summed E-state index contributed by atoms with van der Waals surface area (Å²) >= 11 is 0. The molecule has 1 aliphatic rings. The Morgan fingerprint density at radius 2 is 1.88 bits per heavy atom. The summed E-state index contributed by atoms with van der Waals surface area (Å²) in [7, 11) is 1.96. The summed E-state index contributed by atoms with van der Waals surface area (Å²) in [6.07, 6.45) is 4.03. The summed E-state index contributed by atoms with van der Waals surface area (Å²) in [5.41, 5.74) is 8.21. The Morgan fingerprint density at radius 1 is 1.18 bits per heavy atom. The van der Waals surface area contributed by atoms with Crippen LogP contribution in [-0.4, -0.2) is 35.5 Å². The molecule has 1 aliphatic heterocycles. The van der Waals surface area contributed by atoms with Crippen LogP contribution < -0.4 is 26.8 Å². The predicted molar refractivity (Wildman–Crippen MR) is 134 cm³/mol. The summed E-state index contributed by atoms with van der Waals surface area (Å²) in [6.45, 7) is 9.07. The van der Waals surface area contributed by atoms with Gasteiger partial charge in [-0.15, -0.1) is 0 Å². The largest absolute Gasteiger partial charge is 0.383 e. The van der Waals surface area contributed by atoms with Crippen molar-refractivity contribution in [1.29, 1.82) is 0 Å². The smallest absolute Gasteiger partial charge is 0.330 e. The van der Waals surface area contributed by atoms with Gasteiger partial charge < -0.3 is 15.5 Å². The van der Waals surface area contributed by atoms with Gasteiger partial charge in [-0.05, 0) is 24.5 Å². The van der Waals surface area contributed by atoms with Crippen LogP contribution in [0.2, 0.25) is 0 Å². The van der Waals surface area contributed by atoms with E-state index < -0.39 is 11.2 Å². The molecule has 0 saturated heterocycles. The third-order valence-electron chi connectivity index (χ3n) is 6.34. The van der Waals surface area contributed by atoms with Gasteiger partial charge >= 0.3 is 5.69 Å². The van der Waals surface area contributed by atoms with Crippen LogP contribution in [0.15, 0.2) is 45.6 Å². The molecule has 0 fully saturated rings. The van der Waals surface area contributed by atoms with E-state index in [1.807, 2.05) is 44.0 Å². The fourth-order valence-electron chi connectivity index (χ4n) is 4.61. The maximum absolute atomic E-state index is 13.2. The number of aromatic amines is 1. The number of hydrogen-bond acceptors (Lipinski definition) is 6. The second kappa shape index (κ2) is 9.68. The lowest BCUT2D eigenvalue weighted by Gasteiger charge is -2.26. The van der Waals surface area contributed by atoms with Crippen molar-refractivity contribution in [3.05, 3.63) is 62.4 Å². The molecule has 3 N–H and O–H groups in total. The number of para-hydroxylation sites is 1. The van der Waals surface area contributed by atoms with E-state index in [0.717, 1.165) is 24.2 Å². The van der Waals surface area contributed by atoms with E-state index in [1.165, 1.54) is 10.1 Å². The van der Waals surface area contributed by atoms with Crippen molar-refractivity contribution >= 4 is 23.0 Å². The number of benzene rings is 1. The Bertz CT molecular complexity index is 1180. The zero-order valence-electron chi connectivity index (χ0n) is 20.3. The van der Waals surface area contributed by atoms with E-state index in [-0.39, 0.29) is 29.2 Å². The van der Waals surface area contributed by atoms with Crippen molar-refractivity contribution in [3.63, 3.8) is 0 Å². The Balaban J connectivity index is 1.95. The van der Waals surface area contributed by atoms with Gasteiger partial charge in [-0.3, -0.25) is 19.1 Å². The SMILES string of the molecule is CCCCn1c(N)c(N(CCC)CC(=O)/C=C2/N(C)c3ccccc3C2(C)C)c(=O)[nH]c1=O. The van der Waals surface area contributed by atoms with E-state index >= 15 is 0 Å². The lowest BCUT2D eigenvalue weighted by molar-refractivity contribution is -0.113. The maximum Gasteiger partial charge on any atom is 0.330 e. The zero-order valence-corrected chi connectivity index (χ0v) is 20.3. The van der Waals surface area contributed by atoms with Crippen LogP contribution in [-0.2, 0) is 16.8 Å². The number of nitrogens with one attached hydrogen (secondary N) is 1. The minimum Gasteiger partial charge on any atom is -0.383 e. The van der Waals surface area contributed by atoms with Gasteiger partial charge in [0.1, 0.15) is 11.5 Å². The number of carbonyl (C=O) groups excluding carboxylic acids is 1. The van der Waals surface area contributed by atoms with Crippen LogP contribution >= 0.6 is 0 Å². The molecule has 8 heteroatoms. The summed E-state index contributed by atoms with van der Waals surface area (Å²) in [6, 6.07) is 8.12. The van der Waals surface area contributed by atoms with E-state index in [9.17, 15) is 14.4 Å². The number of nitrogen functional groups attached to an aromatic ring is 1. The number of fused-ring (bicyclic) bond motifs is 1. The van der Waals surface area contributed by atoms with Gasteiger partial charge in [-0.1, -0.05) is 52.3 Å². The lowest BCUT2D eigenvalue weighted by Crippen LogP contribution is -2.40. The monoisotopic (exact) mass is 453 g/mol. The van der Waals surface area contributed by atoms with Crippen molar-refractivity contribution in [3.8, 4) is 0 Å². The topological polar surface area (TPSA) is 104 Å². The van der Waals surface area contributed by atoms with Gasteiger partial charge in [0.2, 0.25) is 0 Å². The van der Waals surface area contributed by atoms with Crippen molar-refractivity contribution in [2.24, 2.45) is 0 Å². The number of unbranched alkanes of at least 4 members (excludes halogenated alkanes) is 1. The van der Waals surface area contributed by atoms with Crippen LogP contribution in [0.25, 0.3) is 0 Å². The highest BCUT2D eigenvalue weighted by atomic mass is 16.2. The highest BCUT2D eigenvalue weighted by molar-refractivity contribution is 5.96. The second-order valence-corrected chi connectivity index (χ2v) is 9.12. The second-order valence-electron chi connectivity index (χ2n) is 9.12. The highest BCUT2D eigenvalue weighted by Gasteiger charge is 2.38. The normalized spacial score (nSPS) is 15.7. The Morgan fingerprint density at radius 3 is 2.52 bits per heavy atom. The number of anilines is 3. The van der Waals surface area contributed by atoms with E-state index in [4.69, 9.17) is 5.73 Å². The minimum absolute atomic E-state index is 0.00311. The predicted octanol–water partition coefficient (Wildman–Crippen LogP) is 3.02. The number of allylic oxidation sites excluding steroid dienone is 1. The van der Waals surface area contributed by atoms with Crippen molar-refractivity contribution in [2.45, 2.75) is 58.9 Å². The Hall–Kier alpha value is -3.29. The molecule has 1 aromatic carbocycles. The molecule has 0 aliphatic carbocycles. The van der Waals surface area contributed by atoms with Crippen LogP contribution in [0.3, 0.4) is 0 Å². The molecule has 0 unspecified atom stereocenters. The third-order valence-corrected chi connectivity index (χ3v) is 6.34. The molecule has 2 aromatic rings. The van der Waals surface area contributed by atoms with Gasteiger partial charge in [0, 0.05) is 43.0 Å². The van der Waals surface area contributed by atoms with Crippen molar-refractivity contribution < 1.29 is 4.79 Å². The molecule has 3 rings (SSSR count). The number of nitrogens with zero attached hydrogens (tertiary/aromatic N) is 3. The number of nitrogens with two attached hydrogens (primary N) is 1. The number of hydrogen-bond donors (Lipinski definition) is 2. The standard InChI is InChI=1S/C25H35N5O3/c1-6-8-14-30-22(26)21(23(32)27-24(30)33)29(13-7-2)16-17(31)15-20-25(3,4)18-11-9-10-12-19(18)28(20)5/h9-12,15H,6-8,13-14,16,26H2,1-5H3,(H,27,32,33)/b20-15+. The minimum atomic E-state index is -0.565. The molecule has 0 atom stereocenters. The molecular formula is C25H35N5O3. The number of aromatic nitrogens is 2. The van der Waals surface area contributed by atoms with Crippen LogP contribution in [0.1, 0.15) is 52.5 Å². The Labute approximate surface area is 194 Å². The van der Waals surface area contributed by atoms with Gasteiger partial charge in [-0.25, -0.2) is 4.79 Å². The quantitative estimate of drug-likeness (QED) is 0.566. The fourth-order valence-corrected chi connectivity index (χ4v) is 4.61. The van der Waals surface area contributed by atoms with Gasteiger partial charge in [0.15, 0.2) is 5.78 Å². The zero-order chi connectivity index (χ0) is 24.3. The molecule has 8 nitrogen and oxygen atoms in total. The van der Waals surface area contributed by atoms with Crippen molar-refractivity contribution in [2.75, 3.05) is 35.7 Å². The Kier molecular flexibility index (Phi) is 7.15. The average Bonchev–Trinajstić information content (AvgIpc) is 2.94. The third kappa shape index (κ3) is 4.60.